The molecular formula is C11H19N5O2. The number of rotatable bonds is 6. The molecule has 1 aromatic rings. The fraction of sp³-hybridized carbons (Fsp3) is 0.545. The van der Waals surface area contributed by atoms with E-state index in [0.29, 0.717) is 19.6 Å². The highest BCUT2D eigenvalue weighted by atomic mass is 16.2. The first-order chi connectivity index (χ1) is 8.58. The van der Waals surface area contributed by atoms with Crippen LogP contribution in [0, 0.1) is 0 Å². The van der Waals surface area contributed by atoms with E-state index in [1.54, 1.807) is 24.0 Å². The molecule has 1 aromatic heterocycles. The molecule has 7 heteroatoms. The molecule has 0 fully saturated rings. The highest BCUT2D eigenvalue weighted by molar-refractivity contribution is 5.95. The first-order valence-corrected chi connectivity index (χ1v) is 5.88. The lowest BCUT2D eigenvalue weighted by Gasteiger charge is -2.12. The van der Waals surface area contributed by atoms with Crippen LogP contribution >= 0.6 is 0 Å². The molecule has 1 rings (SSSR count). The summed E-state index contributed by atoms with van der Waals surface area (Å²) in [6.45, 7) is 5.06. The Morgan fingerprint density at radius 2 is 2.28 bits per heavy atom. The number of amides is 2. The first-order valence-electron chi connectivity index (χ1n) is 5.88. The van der Waals surface area contributed by atoms with Crippen LogP contribution < -0.4 is 16.4 Å². The van der Waals surface area contributed by atoms with Gasteiger partial charge in [0.1, 0.15) is 11.7 Å². The van der Waals surface area contributed by atoms with E-state index in [2.05, 4.69) is 15.6 Å². The molecule has 7 nitrogen and oxygen atoms in total. The molecule has 0 aliphatic rings. The SMILES string of the molecule is CCNC(=O)C(C)NC(=O)c1cn(CCN)cn1. The van der Waals surface area contributed by atoms with Crippen LogP contribution in [0.15, 0.2) is 12.5 Å². The molecule has 0 saturated carbocycles. The zero-order chi connectivity index (χ0) is 13.5. The molecule has 100 valence electrons. The zero-order valence-corrected chi connectivity index (χ0v) is 10.6. The van der Waals surface area contributed by atoms with E-state index in [1.807, 2.05) is 6.92 Å². The second kappa shape index (κ2) is 6.75. The molecule has 1 unspecified atom stereocenters. The third-order valence-electron chi connectivity index (χ3n) is 2.35. The lowest BCUT2D eigenvalue weighted by Crippen LogP contribution is -2.44. The van der Waals surface area contributed by atoms with Gasteiger partial charge in [0, 0.05) is 25.8 Å². The Labute approximate surface area is 106 Å². The Morgan fingerprint density at radius 3 is 2.89 bits per heavy atom. The van der Waals surface area contributed by atoms with Gasteiger partial charge in [-0.05, 0) is 13.8 Å². The fourth-order valence-corrected chi connectivity index (χ4v) is 1.41. The minimum atomic E-state index is -0.586. The second-order valence-corrected chi connectivity index (χ2v) is 3.88. The van der Waals surface area contributed by atoms with Crippen LogP contribution in [0.2, 0.25) is 0 Å². The zero-order valence-electron chi connectivity index (χ0n) is 10.6. The van der Waals surface area contributed by atoms with Crippen molar-refractivity contribution in [2.75, 3.05) is 13.1 Å². The van der Waals surface area contributed by atoms with Gasteiger partial charge in [0.25, 0.3) is 5.91 Å². The van der Waals surface area contributed by atoms with Crippen molar-refractivity contribution in [2.24, 2.45) is 5.73 Å². The highest BCUT2D eigenvalue weighted by Crippen LogP contribution is 1.97. The third kappa shape index (κ3) is 3.85. The Bertz CT molecular complexity index is 415. The molecule has 0 bridgehead atoms. The maximum absolute atomic E-state index is 11.8. The van der Waals surface area contributed by atoms with E-state index < -0.39 is 6.04 Å². The Morgan fingerprint density at radius 1 is 1.56 bits per heavy atom. The van der Waals surface area contributed by atoms with Gasteiger partial charge in [-0.15, -0.1) is 0 Å². The minimum Gasteiger partial charge on any atom is -0.355 e. The predicted octanol–water partition coefficient (Wildman–Crippen LogP) is -0.904. The number of imidazole rings is 1. The van der Waals surface area contributed by atoms with E-state index in [9.17, 15) is 9.59 Å². The van der Waals surface area contributed by atoms with Crippen LogP contribution in [-0.2, 0) is 11.3 Å². The first kappa shape index (κ1) is 14.2. The van der Waals surface area contributed by atoms with E-state index in [-0.39, 0.29) is 17.5 Å². The Balaban J connectivity index is 2.56. The summed E-state index contributed by atoms with van der Waals surface area (Å²) >= 11 is 0. The summed E-state index contributed by atoms with van der Waals surface area (Å²) in [5, 5.41) is 5.21. The van der Waals surface area contributed by atoms with Crippen LogP contribution in [0.3, 0.4) is 0 Å². The predicted molar refractivity (Wildman–Crippen MR) is 66.9 cm³/mol. The number of nitrogens with zero attached hydrogens (tertiary/aromatic N) is 2. The van der Waals surface area contributed by atoms with Crippen molar-refractivity contribution >= 4 is 11.8 Å². The van der Waals surface area contributed by atoms with Gasteiger partial charge in [-0.3, -0.25) is 9.59 Å². The Kier molecular flexibility index (Phi) is 5.31. The molecule has 0 aliphatic heterocycles. The van der Waals surface area contributed by atoms with Gasteiger partial charge in [-0.25, -0.2) is 4.98 Å². The molecule has 0 radical (unpaired) electrons. The number of nitrogens with one attached hydrogen (secondary N) is 2. The van der Waals surface area contributed by atoms with Crippen LogP contribution in [0.5, 0.6) is 0 Å². The highest BCUT2D eigenvalue weighted by Gasteiger charge is 2.17. The smallest absolute Gasteiger partial charge is 0.272 e. The topological polar surface area (TPSA) is 102 Å². The summed E-state index contributed by atoms with van der Waals surface area (Å²) in [5.74, 6) is -0.586. The number of carbonyl (C=O) groups is 2. The van der Waals surface area contributed by atoms with Gasteiger partial charge >= 0.3 is 0 Å². The van der Waals surface area contributed by atoms with E-state index >= 15 is 0 Å². The molecule has 1 heterocycles. The molecule has 18 heavy (non-hydrogen) atoms. The van der Waals surface area contributed by atoms with Crippen LogP contribution in [0.1, 0.15) is 24.3 Å². The van der Waals surface area contributed by atoms with E-state index in [1.165, 1.54) is 0 Å². The summed E-state index contributed by atoms with van der Waals surface area (Å²) in [6, 6.07) is -0.586. The summed E-state index contributed by atoms with van der Waals surface area (Å²) in [4.78, 5) is 27.2. The van der Waals surface area contributed by atoms with Crippen molar-refractivity contribution in [2.45, 2.75) is 26.4 Å². The van der Waals surface area contributed by atoms with E-state index in [4.69, 9.17) is 5.73 Å². The Hall–Kier alpha value is -1.89. The normalized spacial score (nSPS) is 11.9. The van der Waals surface area contributed by atoms with Gasteiger partial charge in [-0.2, -0.15) is 0 Å². The van der Waals surface area contributed by atoms with Gasteiger partial charge in [-0.1, -0.05) is 0 Å². The van der Waals surface area contributed by atoms with Crippen molar-refractivity contribution < 1.29 is 9.59 Å². The summed E-state index contributed by atoms with van der Waals surface area (Å²) in [5.41, 5.74) is 5.68. The van der Waals surface area contributed by atoms with Crippen molar-refractivity contribution in [1.82, 2.24) is 20.2 Å². The lowest BCUT2D eigenvalue weighted by atomic mass is 10.3. The monoisotopic (exact) mass is 253 g/mol. The van der Waals surface area contributed by atoms with Gasteiger partial charge < -0.3 is 20.9 Å². The average molecular weight is 253 g/mol. The van der Waals surface area contributed by atoms with Crippen LogP contribution in [0.25, 0.3) is 0 Å². The molecule has 4 N–H and O–H groups in total. The number of carbonyl (C=O) groups excluding carboxylic acids is 2. The van der Waals surface area contributed by atoms with Gasteiger partial charge in [0.05, 0.1) is 6.33 Å². The molecule has 0 aliphatic carbocycles. The molecule has 0 spiro atoms. The summed E-state index contributed by atoms with van der Waals surface area (Å²) < 4.78 is 1.73. The van der Waals surface area contributed by atoms with Crippen molar-refractivity contribution in [3.05, 3.63) is 18.2 Å². The molecule has 0 aromatic carbocycles. The molecule has 0 saturated heterocycles. The lowest BCUT2D eigenvalue weighted by molar-refractivity contribution is -0.122. The largest absolute Gasteiger partial charge is 0.355 e. The molecule has 2 amide bonds. The number of hydrogen-bond acceptors (Lipinski definition) is 4. The van der Waals surface area contributed by atoms with Crippen LogP contribution in [-0.4, -0.2) is 40.5 Å². The second-order valence-electron chi connectivity index (χ2n) is 3.88. The molecule has 1 atom stereocenters. The van der Waals surface area contributed by atoms with E-state index in [0.717, 1.165) is 0 Å². The number of likely N-dealkylation sites (N-methyl/N-ethyl adjacent to an activating group) is 1. The quantitative estimate of drug-likeness (QED) is 0.611. The summed E-state index contributed by atoms with van der Waals surface area (Å²) in [6.07, 6.45) is 3.14. The minimum absolute atomic E-state index is 0.216. The standard InChI is InChI=1S/C11H19N5O2/c1-3-13-10(17)8(2)15-11(18)9-6-16(5-4-12)7-14-9/h6-8H,3-5,12H2,1-2H3,(H,13,17)(H,15,18). The summed E-state index contributed by atoms with van der Waals surface area (Å²) in [7, 11) is 0. The third-order valence-corrected chi connectivity index (χ3v) is 2.35. The molecular weight excluding hydrogens is 234 g/mol. The number of nitrogens with two attached hydrogens (primary N) is 1. The van der Waals surface area contributed by atoms with Gasteiger partial charge in [0.2, 0.25) is 5.91 Å². The van der Waals surface area contributed by atoms with Crippen LogP contribution in [0.4, 0.5) is 0 Å². The van der Waals surface area contributed by atoms with Crippen molar-refractivity contribution in [3.63, 3.8) is 0 Å². The number of aromatic nitrogens is 2. The fourth-order valence-electron chi connectivity index (χ4n) is 1.41. The maximum Gasteiger partial charge on any atom is 0.272 e. The van der Waals surface area contributed by atoms with Gasteiger partial charge in [0.15, 0.2) is 0 Å². The van der Waals surface area contributed by atoms with Crippen molar-refractivity contribution in [3.8, 4) is 0 Å². The van der Waals surface area contributed by atoms with Crippen molar-refractivity contribution in [1.29, 1.82) is 0 Å². The average Bonchev–Trinajstić information content (AvgIpc) is 2.78. The maximum atomic E-state index is 11.8. The number of hydrogen-bond donors (Lipinski definition) is 3.